The lowest BCUT2D eigenvalue weighted by molar-refractivity contribution is -0.00119. The molecule has 5 nitrogen and oxygen atoms in total. The Bertz CT molecular complexity index is 1000. The van der Waals surface area contributed by atoms with E-state index in [-0.39, 0.29) is 17.8 Å². The molecular formula is C20H17BrFN3O2. The van der Waals surface area contributed by atoms with Crippen molar-refractivity contribution in [2.24, 2.45) is 0 Å². The fraction of sp³-hybridized carbons (Fsp3) is 0.200. The fourth-order valence-corrected chi connectivity index (χ4v) is 3.33. The predicted molar refractivity (Wildman–Crippen MR) is 103 cm³/mol. The van der Waals surface area contributed by atoms with E-state index < -0.39 is 0 Å². The molecule has 0 saturated heterocycles. The van der Waals surface area contributed by atoms with Gasteiger partial charge in [-0.15, -0.1) is 0 Å². The number of fused-ring (bicyclic) bond motifs is 1. The van der Waals surface area contributed by atoms with Crippen molar-refractivity contribution in [2.45, 2.75) is 26.2 Å². The highest BCUT2D eigenvalue weighted by molar-refractivity contribution is 9.10. The van der Waals surface area contributed by atoms with Crippen molar-refractivity contribution in [1.82, 2.24) is 9.78 Å². The number of rotatable bonds is 3. The lowest BCUT2D eigenvalue weighted by atomic mass is 10.1. The highest BCUT2D eigenvalue weighted by Gasteiger charge is 2.24. The third kappa shape index (κ3) is 3.79. The molecule has 3 aromatic rings. The first-order valence-electron chi connectivity index (χ1n) is 8.51. The lowest BCUT2D eigenvalue weighted by Gasteiger charge is -2.24. The predicted octanol–water partition coefficient (Wildman–Crippen LogP) is 4.62. The summed E-state index contributed by atoms with van der Waals surface area (Å²) in [5.41, 5.74) is 3.45. The topological polar surface area (TPSA) is 56.2 Å². The number of carbonyl (C=O) groups excluding carboxylic acids is 1. The molecule has 0 fully saturated rings. The Balaban J connectivity index is 1.51. The molecular weight excluding hydrogens is 413 g/mol. The van der Waals surface area contributed by atoms with Crippen LogP contribution in [-0.2, 0) is 17.9 Å². The van der Waals surface area contributed by atoms with E-state index in [0.29, 0.717) is 30.1 Å². The zero-order chi connectivity index (χ0) is 19.0. The van der Waals surface area contributed by atoms with E-state index in [9.17, 15) is 9.18 Å². The maximum atomic E-state index is 13.2. The number of hydrogen-bond donors (Lipinski definition) is 1. The maximum Gasteiger partial charge on any atom is 0.276 e. The van der Waals surface area contributed by atoms with Gasteiger partial charge in [0.15, 0.2) is 5.69 Å². The molecule has 4 rings (SSSR count). The summed E-state index contributed by atoms with van der Waals surface area (Å²) in [4.78, 5) is 12.5. The first kappa shape index (κ1) is 17.9. The van der Waals surface area contributed by atoms with Crippen LogP contribution in [0.25, 0.3) is 0 Å². The number of carbonyl (C=O) groups is 1. The van der Waals surface area contributed by atoms with Gasteiger partial charge in [0.1, 0.15) is 11.9 Å². The molecule has 138 valence electrons. The molecule has 27 heavy (non-hydrogen) atoms. The monoisotopic (exact) mass is 429 g/mol. The van der Waals surface area contributed by atoms with Gasteiger partial charge in [-0.1, -0.05) is 28.1 Å². The van der Waals surface area contributed by atoms with Gasteiger partial charge in [-0.25, -0.2) is 4.39 Å². The number of ether oxygens (including phenoxy) is 1. The standard InChI is InChI=1S/C20H17BrFN3O2/c1-12-8-15(22)6-7-17(12)23-20(26)18-9-16-11-27-19(10-25(16)24-18)13-2-4-14(21)5-3-13/h2-9,19H,10-11H2,1H3,(H,23,26). The summed E-state index contributed by atoms with van der Waals surface area (Å²) in [6, 6.07) is 13.9. The number of nitrogens with one attached hydrogen (secondary N) is 1. The first-order valence-corrected chi connectivity index (χ1v) is 9.30. The Morgan fingerprint density at radius 1 is 1.26 bits per heavy atom. The Kier molecular flexibility index (Phi) is 4.80. The molecule has 1 amide bonds. The summed E-state index contributed by atoms with van der Waals surface area (Å²) >= 11 is 3.43. The summed E-state index contributed by atoms with van der Waals surface area (Å²) < 4.78 is 22.0. The van der Waals surface area contributed by atoms with E-state index in [0.717, 1.165) is 15.7 Å². The number of hydrogen-bond acceptors (Lipinski definition) is 3. The number of amides is 1. The molecule has 2 heterocycles. The zero-order valence-corrected chi connectivity index (χ0v) is 16.2. The van der Waals surface area contributed by atoms with Crippen LogP contribution in [0.3, 0.4) is 0 Å². The molecule has 1 aliphatic rings. The van der Waals surface area contributed by atoms with Crippen LogP contribution in [-0.4, -0.2) is 15.7 Å². The molecule has 1 atom stereocenters. The van der Waals surface area contributed by atoms with Crippen LogP contribution < -0.4 is 5.32 Å². The van der Waals surface area contributed by atoms with Gasteiger partial charge in [0.05, 0.1) is 18.8 Å². The van der Waals surface area contributed by atoms with E-state index in [4.69, 9.17) is 4.74 Å². The number of nitrogens with zero attached hydrogens (tertiary/aromatic N) is 2. The Labute approximate surface area is 164 Å². The molecule has 7 heteroatoms. The molecule has 0 spiro atoms. The molecule has 1 aliphatic heterocycles. The van der Waals surface area contributed by atoms with Crippen molar-refractivity contribution in [3.63, 3.8) is 0 Å². The van der Waals surface area contributed by atoms with Gasteiger partial charge in [0.2, 0.25) is 0 Å². The molecule has 1 unspecified atom stereocenters. The minimum atomic E-state index is -0.334. The van der Waals surface area contributed by atoms with E-state index in [1.54, 1.807) is 19.1 Å². The van der Waals surface area contributed by atoms with Gasteiger partial charge in [0.25, 0.3) is 5.91 Å². The highest BCUT2D eigenvalue weighted by atomic mass is 79.9. The van der Waals surface area contributed by atoms with Crippen LogP contribution in [0.15, 0.2) is 53.0 Å². The molecule has 2 aromatic carbocycles. The van der Waals surface area contributed by atoms with Crippen molar-refractivity contribution in [3.05, 3.63) is 81.3 Å². The van der Waals surface area contributed by atoms with Gasteiger partial charge in [-0.05, 0) is 54.4 Å². The second kappa shape index (κ2) is 7.25. The molecule has 0 bridgehead atoms. The first-order chi connectivity index (χ1) is 13.0. The summed E-state index contributed by atoms with van der Waals surface area (Å²) in [6.07, 6.45) is -0.110. The van der Waals surface area contributed by atoms with E-state index in [1.165, 1.54) is 12.1 Å². The van der Waals surface area contributed by atoms with Crippen LogP contribution in [0.5, 0.6) is 0 Å². The summed E-state index contributed by atoms with van der Waals surface area (Å²) in [5.74, 6) is -0.661. The number of halogens is 2. The molecule has 1 aromatic heterocycles. The average molecular weight is 430 g/mol. The third-order valence-electron chi connectivity index (χ3n) is 4.55. The smallest absolute Gasteiger partial charge is 0.276 e. The largest absolute Gasteiger partial charge is 0.365 e. The van der Waals surface area contributed by atoms with Crippen LogP contribution >= 0.6 is 15.9 Å². The number of aryl methyl sites for hydroxylation is 1. The maximum absolute atomic E-state index is 13.2. The van der Waals surface area contributed by atoms with Gasteiger partial charge in [0, 0.05) is 10.2 Å². The number of benzene rings is 2. The number of aromatic nitrogens is 2. The normalized spacial score (nSPS) is 16.0. The fourth-order valence-electron chi connectivity index (χ4n) is 3.07. The van der Waals surface area contributed by atoms with Gasteiger partial charge < -0.3 is 10.1 Å². The molecule has 0 aliphatic carbocycles. The van der Waals surface area contributed by atoms with Gasteiger partial charge in [-0.2, -0.15) is 5.10 Å². The molecule has 0 radical (unpaired) electrons. The SMILES string of the molecule is Cc1cc(F)ccc1NC(=O)c1cc2n(n1)CC(c1ccc(Br)cc1)OC2. The van der Waals surface area contributed by atoms with Crippen LogP contribution in [0.2, 0.25) is 0 Å². The Morgan fingerprint density at radius 2 is 2.04 bits per heavy atom. The lowest BCUT2D eigenvalue weighted by Crippen LogP contribution is -2.22. The van der Waals surface area contributed by atoms with Crippen molar-refractivity contribution in [3.8, 4) is 0 Å². The van der Waals surface area contributed by atoms with Gasteiger partial charge >= 0.3 is 0 Å². The third-order valence-corrected chi connectivity index (χ3v) is 5.07. The molecule has 1 N–H and O–H groups in total. The minimum absolute atomic E-state index is 0.110. The van der Waals surface area contributed by atoms with Crippen LogP contribution in [0, 0.1) is 12.7 Å². The summed E-state index contributed by atoms with van der Waals surface area (Å²) in [6.45, 7) is 2.67. The van der Waals surface area contributed by atoms with Crippen LogP contribution in [0.4, 0.5) is 10.1 Å². The quantitative estimate of drug-likeness (QED) is 0.660. The number of anilines is 1. The Morgan fingerprint density at radius 3 is 2.78 bits per heavy atom. The van der Waals surface area contributed by atoms with Crippen molar-refractivity contribution in [2.75, 3.05) is 5.32 Å². The average Bonchev–Trinajstić information content (AvgIpc) is 3.08. The summed E-state index contributed by atoms with van der Waals surface area (Å²) in [5, 5.41) is 7.21. The van der Waals surface area contributed by atoms with E-state index in [1.807, 2.05) is 28.9 Å². The highest BCUT2D eigenvalue weighted by Crippen LogP contribution is 2.27. The van der Waals surface area contributed by atoms with Crippen molar-refractivity contribution in [1.29, 1.82) is 0 Å². The van der Waals surface area contributed by atoms with Crippen LogP contribution in [0.1, 0.15) is 33.4 Å². The summed E-state index contributed by atoms with van der Waals surface area (Å²) in [7, 11) is 0. The molecule has 0 saturated carbocycles. The van der Waals surface area contributed by atoms with Crippen molar-refractivity contribution < 1.29 is 13.9 Å². The van der Waals surface area contributed by atoms with Crippen molar-refractivity contribution >= 4 is 27.5 Å². The van der Waals surface area contributed by atoms with Gasteiger partial charge in [-0.3, -0.25) is 9.48 Å². The van der Waals surface area contributed by atoms with E-state index in [2.05, 4.69) is 26.3 Å². The second-order valence-corrected chi connectivity index (χ2v) is 7.38. The minimum Gasteiger partial charge on any atom is -0.365 e. The Hall–Kier alpha value is -2.51. The zero-order valence-electron chi connectivity index (χ0n) is 14.6. The van der Waals surface area contributed by atoms with E-state index >= 15 is 0 Å². The second-order valence-electron chi connectivity index (χ2n) is 6.47.